The highest BCUT2D eigenvalue weighted by Gasteiger charge is 2.31. The van der Waals surface area contributed by atoms with Gasteiger partial charge in [0.1, 0.15) is 5.75 Å². The molecule has 0 fully saturated rings. The number of halogens is 3. The monoisotopic (exact) mass is 311 g/mol. The summed E-state index contributed by atoms with van der Waals surface area (Å²) in [4.78, 5) is -0.0534. The Kier molecular flexibility index (Phi) is 5.41. The van der Waals surface area contributed by atoms with E-state index in [9.17, 15) is 21.6 Å². The van der Waals surface area contributed by atoms with E-state index in [0.29, 0.717) is 5.75 Å². The van der Waals surface area contributed by atoms with Crippen molar-refractivity contribution in [1.29, 1.82) is 0 Å². The van der Waals surface area contributed by atoms with Gasteiger partial charge in [-0.1, -0.05) is 6.92 Å². The van der Waals surface area contributed by atoms with Gasteiger partial charge in [0.05, 0.1) is 18.4 Å². The topological polar surface area (TPSA) is 46.6 Å². The van der Waals surface area contributed by atoms with E-state index in [1.807, 2.05) is 0 Å². The van der Waals surface area contributed by atoms with E-state index >= 15 is 0 Å². The summed E-state index contributed by atoms with van der Waals surface area (Å²) in [5.41, 5.74) is 0. The Morgan fingerprint density at radius 1 is 1.20 bits per heavy atom. The number of methoxy groups -OCH3 is 1. The fourth-order valence-corrected chi connectivity index (χ4v) is 3.05. The number of benzene rings is 1. The fraction of sp³-hybridized carbons (Fsp3) is 0.500. The molecule has 0 aliphatic rings. The highest BCUT2D eigenvalue weighted by atomic mass is 32.2. The molecule has 0 radical (unpaired) electrons. The van der Waals surface area contributed by atoms with Gasteiger partial charge in [-0.2, -0.15) is 17.5 Å². The quantitative estimate of drug-likeness (QED) is 0.811. The Labute approximate surface area is 116 Å². The predicted octanol–water partition coefficient (Wildman–Crippen LogP) is 2.66. The Morgan fingerprint density at radius 2 is 1.75 bits per heavy atom. The third-order valence-corrected chi connectivity index (χ3v) is 4.68. The van der Waals surface area contributed by atoms with Gasteiger partial charge in [-0.15, -0.1) is 0 Å². The lowest BCUT2D eigenvalue weighted by Crippen LogP contribution is -2.34. The number of hydrogen-bond acceptors (Lipinski definition) is 3. The third-order valence-electron chi connectivity index (χ3n) is 2.69. The Bertz CT molecular complexity index is 526. The summed E-state index contributed by atoms with van der Waals surface area (Å²) in [6, 6.07) is 5.52. The summed E-state index contributed by atoms with van der Waals surface area (Å²) in [7, 11) is -2.49. The SMILES string of the molecule is CCN(CCC(F)(F)F)S(=O)(=O)c1ccc(OC)cc1. The summed E-state index contributed by atoms with van der Waals surface area (Å²) in [6.07, 6.45) is -5.56. The lowest BCUT2D eigenvalue weighted by Gasteiger charge is -2.21. The molecule has 0 spiro atoms. The zero-order chi connectivity index (χ0) is 15.4. The number of nitrogens with zero attached hydrogens (tertiary/aromatic N) is 1. The zero-order valence-corrected chi connectivity index (χ0v) is 12.0. The first kappa shape index (κ1) is 16.8. The second kappa shape index (κ2) is 6.45. The van der Waals surface area contributed by atoms with Gasteiger partial charge in [-0.05, 0) is 24.3 Å². The molecule has 0 heterocycles. The molecule has 0 atom stereocenters. The number of sulfonamides is 1. The van der Waals surface area contributed by atoms with E-state index in [4.69, 9.17) is 4.74 Å². The van der Waals surface area contributed by atoms with Crippen LogP contribution in [0.1, 0.15) is 13.3 Å². The van der Waals surface area contributed by atoms with Gasteiger partial charge >= 0.3 is 6.18 Å². The molecule has 20 heavy (non-hydrogen) atoms. The highest BCUT2D eigenvalue weighted by Crippen LogP contribution is 2.23. The lowest BCUT2D eigenvalue weighted by atomic mass is 10.3. The number of alkyl halides is 3. The van der Waals surface area contributed by atoms with Gasteiger partial charge in [-0.3, -0.25) is 0 Å². The molecule has 0 amide bonds. The molecule has 0 N–H and O–H groups in total. The van der Waals surface area contributed by atoms with Crippen molar-refractivity contribution in [2.45, 2.75) is 24.4 Å². The summed E-state index contributed by atoms with van der Waals surface area (Å²) in [5.74, 6) is 0.474. The van der Waals surface area contributed by atoms with Gasteiger partial charge in [0.2, 0.25) is 10.0 Å². The average molecular weight is 311 g/mol. The maximum atomic E-state index is 12.2. The second-order valence-electron chi connectivity index (χ2n) is 4.04. The van der Waals surface area contributed by atoms with E-state index in [-0.39, 0.29) is 11.4 Å². The summed E-state index contributed by atoms with van der Waals surface area (Å²) >= 11 is 0. The minimum atomic E-state index is -4.39. The number of ether oxygens (including phenoxy) is 1. The predicted molar refractivity (Wildman–Crippen MR) is 68.1 cm³/mol. The van der Waals surface area contributed by atoms with E-state index in [1.54, 1.807) is 0 Å². The van der Waals surface area contributed by atoms with Crippen molar-refractivity contribution in [2.24, 2.45) is 0 Å². The molecule has 1 aromatic carbocycles. The van der Waals surface area contributed by atoms with Crippen LogP contribution in [0.3, 0.4) is 0 Å². The molecule has 0 bridgehead atoms. The molecule has 1 aromatic rings. The van der Waals surface area contributed by atoms with Crippen molar-refractivity contribution in [1.82, 2.24) is 4.31 Å². The number of rotatable bonds is 6. The molecule has 0 aliphatic heterocycles. The summed E-state index contributed by atoms with van der Waals surface area (Å²) in [5, 5.41) is 0. The Morgan fingerprint density at radius 3 is 2.15 bits per heavy atom. The van der Waals surface area contributed by atoms with Gasteiger partial charge < -0.3 is 4.74 Å². The van der Waals surface area contributed by atoms with Crippen LogP contribution in [0, 0.1) is 0 Å². The van der Waals surface area contributed by atoms with Crippen molar-refractivity contribution >= 4 is 10.0 Å². The first-order valence-corrected chi connectivity index (χ1v) is 7.35. The lowest BCUT2D eigenvalue weighted by molar-refractivity contribution is -0.135. The average Bonchev–Trinajstić information content (AvgIpc) is 2.38. The van der Waals surface area contributed by atoms with Crippen LogP contribution in [-0.4, -0.2) is 39.1 Å². The molecule has 4 nitrogen and oxygen atoms in total. The van der Waals surface area contributed by atoms with Crippen molar-refractivity contribution in [3.8, 4) is 5.75 Å². The fourth-order valence-electron chi connectivity index (χ4n) is 1.60. The summed E-state index contributed by atoms with van der Waals surface area (Å²) < 4.78 is 66.7. The van der Waals surface area contributed by atoms with E-state index in [2.05, 4.69) is 0 Å². The van der Waals surface area contributed by atoms with Crippen LogP contribution in [0.4, 0.5) is 13.2 Å². The van der Waals surface area contributed by atoms with Crippen LogP contribution >= 0.6 is 0 Å². The first-order valence-electron chi connectivity index (χ1n) is 5.91. The Balaban J connectivity index is 2.93. The van der Waals surface area contributed by atoms with Crippen LogP contribution in [0.15, 0.2) is 29.2 Å². The minimum absolute atomic E-state index is 0.0234. The van der Waals surface area contributed by atoms with Crippen LogP contribution in [0.25, 0.3) is 0 Å². The van der Waals surface area contributed by atoms with E-state index < -0.39 is 29.2 Å². The molecular formula is C12H16F3NO3S. The van der Waals surface area contributed by atoms with Gasteiger partial charge in [0.15, 0.2) is 0 Å². The highest BCUT2D eigenvalue weighted by molar-refractivity contribution is 7.89. The molecule has 0 saturated heterocycles. The Hall–Kier alpha value is -1.28. The molecule has 1 rings (SSSR count). The zero-order valence-electron chi connectivity index (χ0n) is 11.1. The standard InChI is InChI=1S/C12H16F3NO3S/c1-3-16(9-8-12(13,14)15)20(17,18)11-6-4-10(19-2)5-7-11/h4-7H,3,8-9H2,1-2H3. The third kappa shape index (κ3) is 4.38. The van der Waals surface area contributed by atoms with Crippen molar-refractivity contribution in [3.63, 3.8) is 0 Å². The van der Waals surface area contributed by atoms with Crippen LogP contribution in [-0.2, 0) is 10.0 Å². The molecule has 0 aliphatic carbocycles. The first-order chi connectivity index (χ1) is 9.20. The largest absolute Gasteiger partial charge is 0.497 e. The van der Waals surface area contributed by atoms with E-state index in [0.717, 1.165) is 4.31 Å². The van der Waals surface area contributed by atoms with Gasteiger partial charge in [-0.25, -0.2) is 8.42 Å². The minimum Gasteiger partial charge on any atom is -0.497 e. The van der Waals surface area contributed by atoms with Crippen molar-refractivity contribution in [2.75, 3.05) is 20.2 Å². The van der Waals surface area contributed by atoms with Crippen molar-refractivity contribution < 1.29 is 26.3 Å². The number of hydrogen-bond donors (Lipinski definition) is 0. The van der Waals surface area contributed by atoms with E-state index in [1.165, 1.54) is 38.3 Å². The molecule has 8 heteroatoms. The second-order valence-corrected chi connectivity index (χ2v) is 5.98. The molecule has 0 unspecified atom stereocenters. The smallest absolute Gasteiger partial charge is 0.390 e. The molecule has 0 saturated carbocycles. The molecule has 114 valence electrons. The van der Waals surface area contributed by atoms with Crippen molar-refractivity contribution in [3.05, 3.63) is 24.3 Å². The van der Waals surface area contributed by atoms with Gasteiger partial charge in [0.25, 0.3) is 0 Å². The van der Waals surface area contributed by atoms with Crippen LogP contribution < -0.4 is 4.74 Å². The normalized spacial score (nSPS) is 12.7. The molecular weight excluding hydrogens is 295 g/mol. The van der Waals surface area contributed by atoms with Crippen LogP contribution in [0.5, 0.6) is 5.75 Å². The van der Waals surface area contributed by atoms with Gasteiger partial charge in [0, 0.05) is 13.1 Å². The summed E-state index contributed by atoms with van der Waals surface area (Å²) in [6.45, 7) is 0.885. The molecule has 0 aromatic heterocycles. The van der Waals surface area contributed by atoms with Crippen LogP contribution in [0.2, 0.25) is 0 Å². The maximum absolute atomic E-state index is 12.2. The maximum Gasteiger partial charge on any atom is 0.390 e.